The first-order valence-electron chi connectivity index (χ1n) is 5.58. The lowest BCUT2D eigenvalue weighted by Gasteiger charge is -2.08. The number of phenolic OH excluding ortho intramolecular Hbond substituents is 1. The van der Waals surface area contributed by atoms with E-state index in [0.717, 1.165) is 12.0 Å². The van der Waals surface area contributed by atoms with Crippen LogP contribution < -0.4 is 5.32 Å². The quantitative estimate of drug-likeness (QED) is 0.820. The Morgan fingerprint density at radius 3 is 2.75 bits per heavy atom. The fraction of sp³-hybridized carbons (Fsp3) is 0.462. The van der Waals surface area contributed by atoms with E-state index in [1.165, 1.54) is 0 Å². The third-order valence-corrected chi connectivity index (χ3v) is 2.40. The molecule has 0 fully saturated rings. The molecule has 1 aromatic rings. The number of nitrogens with one attached hydrogen (secondary N) is 1. The molecule has 0 unspecified atom stereocenters. The van der Waals surface area contributed by atoms with Gasteiger partial charge in [-0.15, -0.1) is 0 Å². The van der Waals surface area contributed by atoms with Crippen molar-refractivity contribution in [1.29, 1.82) is 0 Å². The van der Waals surface area contributed by atoms with E-state index in [9.17, 15) is 9.90 Å². The molecule has 16 heavy (non-hydrogen) atoms. The molecule has 88 valence electrons. The Balaban J connectivity index is 2.62. The Bertz CT molecular complexity index is 372. The van der Waals surface area contributed by atoms with Crippen molar-refractivity contribution in [2.24, 2.45) is 5.92 Å². The van der Waals surface area contributed by atoms with Crippen LogP contribution in [0.1, 0.15) is 36.2 Å². The molecule has 0 saturated heterocycles. The molecule has 1 aromatic carbocycles. The summed E-state index contributed by atoms with van der Waals surface area (Å²) in [5.41, 5.74) is 1.32. The molecule has 0 aliphatic heterocycles. The molecule has 0 aliphatic rings. The molecule has 0 spiro atoms. The van der Waals surface area contributed by atoms with Crippen molar-refractivity contribution in [2.75, 3.05) is 6.54 Å². The van der Waals surface area contributed by atoms with Crippen LogP contribution in [-0.4, -0.2) is 17.6 Å². The van der Waals surface area contributed by atoms with E-state index in [2.05, 4.69) is 19.2 Å². The minimum atomic E-state index is -0.207. The van der Waals surface area contributed by atoms with Crippen molar-refractivity contribution in [1.82, 2.24) is 5.32 Å². The van der Waals surface area contributed by atoms with Gasteiger partial charge < -0.3 is 10.4 Å². The normalized spacial score (nSPS) is 10.5. The summed E-state index contributed by atoms with van der Waals surface area (Å²) in [5, 5.41) is 12.4. The van der Waals surface area contributed by atoms with Crippen molar-refractivity contribution in [3.63, 3.8) is 0 Å². The van der Waals surface area contributed by atoms with Crippen molar-refractivity contribution in [3.05, 3.63) is 29.3 Å². The molecule has 0 aromatic heterocycles. The topological polar surface area (TPSA) is 49.3 Å². The summed E-state index contributed by atoms with van der Waals surface area (Å²) in [7, 11) is 0. The molecule has 0 saturated carbocycles. The zero-order valence-electron chi connectivity index (χ0n) is 10.1. The van der Waals surface area contributed by atoms with Gasteiger partial charge >= 0.3 is 0 Å². The largest absolute Gasteiger partial charge is 0.507 e. The van der Waals surface area contributed by atoms with Crippen LogP contribution >= 0.6 is 0 Å². The van der Waals surface area contributed by atoms with Crippen LogP contribution in [0.25, 0.3) is 0 Å². The third kappa shape index (κ3) is 3.57. The van der Waals surface area contributed by atoms with E-state index in [4.69, 9.17) is 0 Å². The van der Waals surface area contributed by atoms with Gasteiger partial charge in [-0.05, 0) is 31.4 Å². The molecule has 3 heteroatoms. The van der Waals surface area contributed by atoms with Crippen molar-refractivity contribution in [3.8, 4) is 5.75 Å². The highest BCUT2D eigenvalue weighted by molar-refractivity contribution is 5.96. The van der Waals surface area contributed by atoms with Gasteiger partial charge in [-0.1, -0.05) is 25.5 Å². The molecule has 0 radical (unpaired) electrons. The van der Waals surface area contributed by atoms with Crippen molar-refractivity contribution in [2.45, 2.75) is 27.2 Å². The molecule has 2 N–H and O–H groups in total. The molecule has 1 rings (SSSR count). The zero-order valence-corrected chi connectivity index (χ0v) is 10.1. The second kappa shape index (κ2) is 5.54. The van der Waals surface area contributed by atoms with Crippen LogP contribution in [0, 0.1) is 12.8 Å². The number of aromatic hydroxyl groups is 1. The minimum absolute atomic E-state index is 0.0349. The number of aryl methyl sites for hydroxylation is 1. The maximum Gasteiger partial charge on any atom is 0.255 e. The van der Waals surface area contributed by atoms with Crippen LogP contribution in [0.3, 0.4) is 0 Å². The predicted molar refractivity (Wildman–Crippen MR) is 64.6 cm³/mol. The Morgan fingerprint density at radius 2 is 2.12 bits per heavy atom. The van der Waals surface area contributed by atoms with Crippen LogP contribution in [0.5, 0.6) is 5.75 Å². The molecule has 0 heterocycles. The standard InChI is InChI=1S/C13H19NO2/c1-9(2)6-7-14-13(16)11-8-10(3)4-5-12(11)15/h4-5,8-9,15H,6-7H2,1-3H3,(H,14,16). The first-order valence-corrected chi connectivity index (χ1v) is 5.58. The molecule has 0 aliphatic carbocycles. The smallest absolute Gasteiger partial charge is 0.255 e. The monoisotopic (exact) mass is 221 g/mol. The van der Waals surface area contributed by atoms with E-state index in [-0.39, 0.29) is 11.7 Å². The van der Waals surface area contributed by atoms with Gasteiger partial charge in [0, 0.05) is 6.54 Å². The van der Waals surface area contributed by atoms with Crippen molar-refractivity contribution < 1.29 is 9.90 Å². The van der Waals surface area contributed by atoms with E-state index in [0.29, 0.717) is 18.0 Å². The number of hydrogen-bond donors (Lipinski definition) is 2. The number of phenols is 1. The highest BCUT2D eigenvalue weighted by Crippen LogP contribution is 2.17. The number of benzene rings is 1. The molecular weight excluding hydrogens is 202 g/mol. The van der Waals surface area contributed by atoms with E-state index in [1.54, 1.807) is 18.2 Å². The van der Waals surface area contributed by atoms with Crippen LogP contribution in [-0.2, 0) is 0 Å². The summed E-state index contributed by atoms with van der Waals surface area (Å²) in [6, 6.07) is 5.02. The van der Waals surface area contributed by atoms with E-state index < -0.39 is 0 Å². The van der Waals surface area contributed by atoms with Gasteiger partial charge in [-0.3, -0.25) is 4.79 Å². The van der Waals surface area contributed by atoms with Gasteiger partial charge in [-0.25, -0.2) is 0 Å². The van der Waals surface area contributed by atoms with Gasteiger partial charge in [-0.2, -0.15) is 0 Å². The number of carbonyl (C=O) groups is 1. The summed E-state index contributed by atoms with van der Waals surface area (Å²) in [6.07, 6.45) is 0.943. The van der Waals surface area contributed by atoms with E-state index in [1.807, 2.05) is 6.92 Å². The maximum absolute atomic E-state index is 11.7. The van der Waals surface area contributed by atoms with Crippen LogP contribution in [0.2, 0.25) is 0 Å². The first-order chi connectivity index (χ1) is 7.50. The average molecular weight is 221 g/mol. The molecule has 3 nitrogen and oxygen atoms in total. The summed E-state index contributed by atoms with van der Waals surface area (Å²) in [4.78, 5) is 11.7. The summed E-state index contributed by atoms with van der Waals surface area (Å²) in [6.45, 7) is 6.75. The Kier molecular flexibility index (Phi) is 4.35. The Hall–Kier alpha value is -1.51. The first kappa shape index (κ1) is 12.6. The predicted octanol–water partition coefficient (Wildman–Crippen LogP) is 2.48. The molecule has 0 atom stereocenters. The lowest BCUT2D eigenvalue weighted by Crippen LogP contribution is -2.25. The maximum atomic E-state index is 11.7. The number of amides is 1. The number of carbonyl (C=O) groups excluding carboxylic acids is 1. The lowest BCUT2D eigenvalue weighted by molar-refractivity contribution is 0.0949. The fourth-order valence-corrected chi connectivity index (χ4v) is 1.40. The van der Waals surface area contributed by atoms with Crippen LogP contribution in [0.4, 0.5) is 0 Å². The second-order valence-corrected chi connectivity index (χ2v) is 4.46. The lowest BCUT2D eigenvalue weighted by atomic mass is 10.1. The fourth-order valence-electron chi connectivity index (χ4n) is 1.40. The van der Waals surface area contributed by atoms with Gasteiger partial charge in [0.25, 0.3) is 5.91 Å². The van der Waals surface area contributed by atoms with Gasteiger partial charge in [0.15, 0.2) is 0 Å². The average Bonchev–Trinajstić information content (AvgIpc) is 2.21. The molecule has 0 bridgehead atoms. The second-order valence-electron chi connectivity index (χ2n) is 4.46. The van der Waals surface area contributed by atoms with Gasteiger partial charge in [0.2, 0.25) is 0 Å². The zero-order chi connectivity index (χ0) is 12.1. The number of rotatable bonds is 4. The summed E-state index contributed by atoms with van der Waals surface area (Å²) in [5.74, 6) is 0.390. The highest BCUT2D eigenvalue weighted by Gasteiger charge is 2.10. The van der Waals surface area contributed by atoms with Crippen LogP contribution in [0.15, 0.2) is 18.2 Å². The van der Waals surface area contributed by atoms with Gasteiger partial charge in [0.1, 0.15) is 5.75 Å². The molecule has 1 amide bonds. The Morgan fingerprint density at radius 1 is 1.44 bits per heavy atom. The third-order valence-electron chi connectivity index (χ3n) is 2.40. The summed E-state index contributed by atoms with van der Waals surface area (Å²) < 4.78 is 0. The van der Waals surface area contributed by atoms with Gasteiger partial charge in [0.05, 0.1) is 5.56 Å². The highest BCUT2D eigenvalue weighted by atomic mass is 16.3. The SMILES string of the molecule is Cc1ccc(O)c(C(=O)NCCC(C)C)c1. The van der Waals surface area contributed by atoms with E-state index >= 15 is 0 Å². The minimum Gasteiger partial charge on any atom is -0.507 e. The summed E-state index contributed by atoms with van der Waals surface area (Å²) >= 11 is 0. The Labute approximate surface area is 96.5 Å². The molecular formula is C13H19NO2. The van der Waals surface area contributed by atoms with Crippen molar-refractivity contribution >= 4 is 5.91 Å². The number of hydrogen-bond acceptors (Lipinski definition) is 2.